The van der Waals surface area contributed by atoms with E-state index in [0.717, 1.165) is 0 Å². The highest BCUT2D eigenvalue weighted by molar-refractivity contribution is 14.1. The first-order valence-corrected chi connectivity index (χ1v) is 16.3. The zero-order chi connectivity index (χ0) is 28.7. The fraction of sp³-hybridized carbons (Fsp3) is 0.556. The van der Waals surface area contributed by atoms with Gasteiger partial charge in [-0.05, 0) is 92.2 Å². The molecule has 7 unspecified atom stereocenters. The van der Waals surface area contributed by atoms with Gasteiger partial charge in [-0.15, -0.1) is 0 Å². The van der Waals surface area contributed by atoms with E-state index in [9.17, 15) is 52.9 Å². The maximum absolute atomic E-state index is 13.9. The van der Waals surface area contributed by atoms with E-state index in [0.29, 0.717) is 10.7 Å². The smallest absolute Gasteiger partial charge is 0.432 e. The third kappa shape index (κ3) is 5.15. The monoisotopic (exact) mass is 926 g/mol. The number of hydrogen-bond donors (Lipinski definition) is 1. The van der Waals surface area contributed by atoms with Gasteiger partial charge in [0.15, 0.2) is 10.1 Å². The number of esters is 1. The van der Waals surface area contributed by atoms with Crippen LogP contribution in [0.2, 0.25) is 0 Å². The Balaban J connectivity index is 1.67. The van der Waals surface area contributed by atoms with Crippen molar-refractivity contribution >= 4 is 99.9 Å². The Hall–Kier alpha value is -0.180. The molecule has 10 nitrogen and oxygen atoms in total. The van der Waals surface area contributed by atoms with Crippen LogP contribution in [0.15, 0.2) is 12.1 Å². The Morgan fingerprint density at radius 3 is 2.29 bits per heavy atom. The number of ether oxygens (including phenoxy) is 1. The standard InChI is InChI=1S/C18H13F5I3NO9S2/c19-17(20,21)16(18(22,23)38(32,33)34)35-15(29)9-5-3-7-12(36-37(30,31)13(7)9)11(5)27-14(28)6-1-4(24)2-8(25)10(6)26/h1-2,5,7,9,11-13,16H,3H2,(H,27,28)(H,32,33,34)/p-1. The summed E-state index contributed by atoms with van der Waals surface area (Å²) in [7, 11) is -11.6. The molecule has 0 radical (unpaired) electrons. The summed E-state index contributed by atoms with van der Waals surface area (Å²) in [5.41, 5.74) is 0.179. The molecule has 2 saturated carbocycles. The molecule has 38 heavy (non-hydrogen) atoms. The van der Waals surface area contributed by atoms with Gasteiger partial charge in [0.2, 0.25) is 0 Å². The molecule has 0 aromatic heterocycles. The Morgan fingerprint density at radius 2 is 1.74 bits per heavy atom. The summed E-state index contributed by atoms with van der Waals surface area (Å²) in [6, 6.07) is 2.06. The largest absolute Gasteiger partial charge is 0.743 e. The van der Waals surface area contributed by atoms with Crippen LogP contribution in [-0.4, -0.2) is 68.2 Å². The fourth-order valence-corrected chi connectivity index (χ4v) is 10.1. The van der Waals surface area contributed by atoms with Gasteiger partial charge >= 0.3 is 17.4 Å². The molecule has 1 amide bonds. The first kappa shape index (κ1) is 30.8. The van der Waals surface area contributed by atoms with Gasteiger partial charge in [-0.25, -0.2) is 8.42 Å². The number of nitrogens with one attached hydrogen (secondary N) is 1. The van der Waals surface area contributed by atoms with Crippen molar-refractivity contribution in [1.82, 2.24) is 5.32 Å². The average Bonchev–Trinajstić information content (AvgIpc) is 3.35. The number of benzene rings is 1. The highest BCUT2D eigenvalue weighted by atomic mass is 127. The van der Waals surface area contributed by atoms with Crippen LogP contribution in [0.1, 0.15) is 16.8 Å². The molecular formula is C18H12F5I3NO9S2-. The van der Waals surface area contributed by atoms with Gasteiger partial charge in [0.25, 0.3) is 22.1 Å². The van der Waals surface area contributed by atoms with Gasteiger partial charge in [-0.2, -0.15) is 30.4 Å². The van der Waals surface area contributed by atoms with E-state index < -0.39 is 84.8 Å². The number of fused-ring (bicyclic) bond motifs is 1. The molecule has 1 saturated heterocycles. The molecule has 1 N–H and O–H groups in total. The van der Waals surface area contributed by atoms with Crippen molar-refractivity contribution < 1.29 is 61.8 Å². The predicted molar refractivity (Wildman–Crippen MR) is 139 cm³/mol. The molecule has 1 aliphatic heterocycles. The van der Waals surface area contributed by atoms with Crippen LogP contribution in [0.4, 0.5) is 22.0 Å². The highest BCUT2D eigenvalue weighted by Crippen LogP contribution is 2.58. The van der Waals surface area contributed by atoms with Crippen LogP contribution in [0, 0.1) is 28.5 Å². The van der Waals surface area contributed by atoms with E-state index in [1.54, 1.807) is 6.07 Å². The number of carbonyl (C=O) groups excluding carboxylic acids is 2. The summed E-state index contributed by atoms with van der Waals surface area (Å²) < 4.78 is 136. The van der Waals surface area contributed by atoms with Crippen molar-refractivity contribution in [1.29, 1.82) is 0 Å². The summed E-state index contributed by atoms with van der Waals surface area (Å²) in [6.07, 6.45) is -12.2. The molecule has 20 heteroatoms. The minimum Gasteiger partial charge on any atom is -0.743 e. The summed E-state index contributed by atoms with van der Waals surface area (Å²) in [5.74, 6) is -7.04. The van der Waals surface area contributed by atoms with E-state index >= 15 is 0 Å². The number of halogens is 8. The normalized spacial score (nSPS) is 30.8. The number of alkyl halides is 5. The lowest BCUT2D eigenvalue weighted by Gasteiger charge is -2.34. The highest BCUT2D eigenvalue weighted by Gasteiger charge is 2.72. The molecule has 0 spiro atoms. The SMILES string of the molecule is O=C(NC1C2CC3C1OS(=O)(=O)C3C2C(=O)OC(C(F)(F)F)C(F)(F)S(=O)(=O)[O-])c1cc(I)cc(I)c1I. The van der Waals surface area contributed by atoms with Gasteiger partial charge in [0.05, 0.1) is 17.5 Å². The third-order valence-corrected chi connectivity index (χ3v) is 12.9. The van der Waals surface area contributed by atoms with Crippen molar-refractivity contribution in [3.8, 4) is 0 Å². The van der Waals surface area contributed by atoms with Crippen molar-refractivity contribution in [2.75, 3.05) is 0 Å². The summed E-state index contributed by atoms with van der Waals surface area (Å²) in [5, 5.41) is -5.33. The maximum atomic E-state index is 13.9. The molecule has 7 atom stereocenters. The van der Waals surface area contributed by atoms with Crippen molar-refractivity contribution in [2.45, 2.75) is 41.4 Å². The van der Waals surface area contributed by atoms with Crippen LogP contribution in [0.5, 0.6) is 0 Å². The van der Waals surface area contributed by atoms with E-state index in [4.69, 9.17) is 4.18 Å². The fourth-order valence-electron chi connectivity index (χ4n) is 5.15. The lowest BCUT2D eigenvalue weighted by Crippen LogP contribution is -2.56. The quantitative estimate of drug-likeness (QED) is 0.113. The van der Waals surface area contributed by atoms with Gasteiger partial charge in [0, 0.05) is 16.6 Å². The minimum atomic E-state index is -6.95. The second-order valence-electron chi connectivity index (χ2n) is 8.73. The summed E-state index contributed by atoms with van der Waals surface area (Å²) >= 11 is 5.84. The Bertz CT molecular complexity index is 1420. The van der Waals surface area contributed by atoms with Crippen molar-refractivity contribution in [2.24, 2.45) is 17.8 Å². The molecule has 3 fully saturated rings. The van der Waals surface area contributed by atoms with Gasteiger partial charge in [-0.3, -0.25) is 13.8 Å². The number of amides is 1. The van der Waals surface area contributed by atoms with Crippen LogP contribution in [0.25, 0.3) is 0 Å². The Kier molecular flexibility index (Phi) is 8.08. The molecule has 4 rings (SSSR count). The van der Waals surface area contributed by atoms with Gasteiger partial charge < -0.3 is 14.6 Å². The molecule has 1 heterocycles. The molecular weight excluding hydrogens is 914 g/mol. The van der Waals surface area contributed by atoms with Gasteiger partial charge in [0.1, 0.15) is 11.4 Å². The zero-order valence-corrected chi connectivity index (χ0v) is 26.0. The second-order valence-corrected chi connectivity index (χ2v) is 15.4. The summed E-state index contributed by atoms with van der Waals surface area (Å²) in [6.45, 7) is 0. The van der Waals surface area contributed by atoms with Crippen molar-refractivity contribution in [3.05, 3.63) is 28.4 Å². The van der Waals surface area contributed by atoms with Crippen molar-refractivity contribution in [3.63, 3.8) is 0 Å². The van der Waals surface area contributed by atoms with E-state index in [1.165, 1.54) is 6.07 Å². The number of carbonyl (C=O) groups is 2. The molecule has 3 aliphatic rings. The number of hydrogen-bond acceptors (Lipinski definition) is 9. The van der Waals surface area contributed by atoms with Crippen LogP contribution in [0.3, 0.4) is 0 Å². The molecule has 2 aliphatic carbocycles. The van der Waals surface area contributed by atoms with E-state index in [-0.39, 0.29) is 12.0 Å². The average molecular weight is 926 g/mol. The third-order valence-electron chi connectivity index (χ3n) is 6.57. The van der Waals surface area contributed by atoms with Crippen LogP contribution >= 0.6 is 67.8 Å². The second kappa shape index (κ2) is 9.97. The molecule has 1 aromatic rings. The molecule has 2 bridgehead atoms. The first-order chi connectivity index (χ1) is 17.2. The topological polar surface area (TPSA) is 156 Å². The maximum Gasteiger partial charge on any atom is 0.432 e. The zero-order valence-electron chi connectivity index (χ0n) is 17.9. The molecule has 212 valence electrons. The summed E-state index contributed by atoms with van der Waals surface area (Å²) in [4.78, 5) is 25.9. The Morgan fingerprint density at radius 1 is 1.13 bits per heavy atom. The minimum absolute atomic E-state index is 0.146. The van der Waals surface area contributed by atoms with Crippen LogP contribution in [-0.2, 0) is 34.0 Å². The lowest BCUT2D eigenvalue weighted by atomic mass is 9.82. The number of rotatable bonds is 6. The first-order valence-electron chi connectivity index (χ1n) is 10.2. The lowest BCUT2D eigenvalue weighted by molar-refractivity contribution is -0.261. The molecule has 1 aromatic carbocycles. The van der Waals surface area contributed by atoms with Crippen LogP contribution < -0.4 is 5.32 Å². The van der Waals surface area contributed by atoms with E-state index in [2.05, 4.69) is 10.1 Å². The van der Waals surface area contributed by atoms with Gasteiger partial charge in [-0.1, -0.05) is 0 Å². The van der Waals surface area contributed by atoms with E-state index in [1.807, 2.05) is 67.8 Å². The Labute approximate surface area is 252 Å². The predicted octanol–water partition coefficient (Wildman–Crippen LogP) is 2.57.